The Morgan fingerprint density at radius 3 is 1.51 bits per heavy atom. The summed E-state index contributed by atoms with van der Waals surface area (Å²) in [6, 6.07) is 50.5. The van der Waals surface area contributed by atoms with Crippen LogP contribution in [0.3, 0.4) is 0 Å². The van der Waals surface area contributed by atoms with Crippen LogP contribution < -0.4 is 4.90 Å². The molecule has 5 heteroatoms. The van der Waals surface area contributed by atoms with E-state index in [1.807, 2.05) is 34.0 Å². The van der Waals surface area contributed by atoms with E-state index in [0.717, 1.165) is 0 Å². The predicted molar refractivity (Wildman–Crippen MR) is 231 cm³/mol. The van der Waals surface area contributed by atoms with Gasteiger partial charge in [-0.2, -0.15) is 0 Å². The van der Waals surface area contributed by atoms with Gasteiger partial charge >= 0.3 is 0 Å². The van der Waals surface area contributed by atoms with Crippen LogP contribution in [-0.2, 0) is 10.8 Å². The van der Waals surface area contributed by atoms with Gasteiger partial charge in [-0.05, 0) is 139 Å². The SMILES string of the molecule is CC1(C)c2ccccc2-c2ccc(N(c3ccc4c(c3)C(C)(C)c3ccccc3-4)c3ccc4cc(-c5ccc(-c6ccc(I)s6)s5)sc4c3)cc21. The van der Waals surface area contributed by atoms with Crippen LogP contribution in [0, 0.1) is 2.88 Å². The van der Waals surface area contributed by atoms with Gasteiger partial charge in [-0.1, -0.05) is 94.4 Å². The molecule has 0 fully saturated rings. The monoisotopic (exact) mass is 823 g/mol. The number of nitrogens with zero attached hydrogens (tertiary/aromatic N) is 1. The maximum atomic E-state index is 2.49. The van der Waals surface area contributed by atoms with E-state index < -0.39 is 0 Å². The van der Waals surface area contributed by atoms with Crippen LogP contribution in [0.4, 0.5) is 17.1 Å². The molecule has 248 valence electrons. The number of anilines is 3. The highest BCUT2D eigenvalue weighted by Gasteiger charge is 2.37. The summed E-state index contributed by atoms with van der Waals surface area (Å²) in [4.78, 5) is 7.82. The average Bonchev–Trinajstić information content (AvgIpc) is 3.96. The van der Waals surface area contributed by atoms with Crippen LogP contribution in [0.15, 0.2) is 133 Å². The molecule has 2 aliphatic rings. The molecule has 3 aromatic heterocycles. The number of fused-ring (bicyclic) bond motifs is 7. The number of rotatable bonds is 5. The Morgan fingerprint density at radius 1 is 0.431 bits per heavy atom. The highest BCUT2D eigenvalue weighted by Crippen LogP contribution is 2.53. The summed E-state index contributed by atoms with van der Waals surface area (Å²) < 4.78 is 2.63. The van der Waals surface area contributed by atoms with Gasteiger partial charge in [0, 0.05) is 52.1 Å². The van der Waals surface area contributed by atoms with Gasteiger partial charge in [0.15, 0.2) is 0 Å². The summed E-state index contributed by atoms with van der Waals surface area (Å²) in [6.45, 7) is 9.48. The normalized spacial score (nSPS) is 14.7. The molecule has 0 atom stereocenters. The van der Waals surface area contributed by atoms with Crippen molar-refractivity contribution in [1.29, 1.82) is 0 Å². The smallest absolute Gasteiger partial charge is 0.0660 e. The van der Waals surface area contributed by atoms with Crippen molar-refractivity contribution in [2.45, 2.75) is 38.5 Å². The second kappa shape index (κ2) is 11.5. The first-order valence-corrected chi connectivity index (χ1v) is 20.9. The van der Waals surface area contributed by atoms with Crippen molar-refractivity contribution in [1.82, 2.24) is 0 Å². The largest absolute Gasteiger partial charge is 0.310 e. The number of thiophene rings is 3. The first-order valence-electron chi connectivity index (χ1n) is 17.4. The average molecular weight is 824 g/mol. The van der Waals surface area contributed by atoms with E-state index >= 15 is 0 Å². The molecule has 2 aliphatic carbocycles. The van der Waals surface area contributed by atoms with Crippen molar-refractivity contribution >= 4 is 83.7 Å². The molecule has 0 aliphatic heterocycles. The molecule has 51 heavy (non-hydrogen) atoms. The minimum atomic E-state index is -0.0806. The molecule has 0 saturated carbocycles. The zero-order valence-corrected chi connectivity index (χ0v) is 33.4. The summed E-state index contributed by atoms with van der Waals surface area (Å²) in [6.07, 6.45) is 0. The van der Waals surface area contributed by atoms with Crippen molar-refractivity contribution < 1.29 is 0 Å². The number of hydrogen-bond donors (Lipinski definition) is 0. The molecule has 1 nitrogen and oxygen atoms in total. The van der Waals surface area contributed by atoms with Gasteiger partial charge in [0.25, 0.3) is 0 Å². The van der Waals surface area contributed by atoms with E-state index in [1.54, 1.807) is 0 Å². The Labute approximate surface area is 325 Å². The highest BCUT2D eigenvalue weighted by molar-refractivity contribution is 14.1. The van der Waals surface area contributed by atoms with Crippen molar-refractivity contribution in [2.75, 3.05) is 4.90 Å². The Hall–Kier alpha value is -4.01. The quantitative estimate of drug-likeness (QED) is 0.156. The Bertz CT molecular complexity index is 2580. The first-order chi connectivity index (χ1) is 24.7. The van der Waals surface area contributed by atoms with Crippen molar-refractivity contribution in [3.8, 4) is 41.8 Å². The van der Waals surface area contributed by atoms with Crippen LogP contribution in [0.25, 0.3) is 51.8 Å². The predicted octanol–water partition coefficient (Wildman–Crippen LogP) is 15.0. The Morgan fingerprint density at radius 2 is 0.922 bits per heavy atom. The van der Waals surface area contributed by atoms with E-state index in [2.05, 4.69) is 189 Å². The molecule has 0 bridgehead atoms. The second-order valence-corrected chi connectivity index (χ2v) is 19.9. The van der Waals surface area contributed by atoms with Crippen molar-refractivity contribution in [3.63, 3.8) is 0 Å². The van der Waals surface area contributed by atoms with Gasteiger partial charge in [-0.15, -0.1) is 34.0 Å². The minimum Gasteiger partial charge on any atom is -0.310 e. The topological polar surface area (TPSA) is 3.24 Å². The molecular weight excluding hydrogens is 790 g/mol. The van der Waals surface area contributed by atoms with Crippen LogP contribution in [0.5, 0.6) is 0 Å². The van der Waals surface area contributed by atoms with Crippen molar-refractivity contribution in [2.24, 2.45) is 0 Å². The third-order valence-corrected chi connectivity index (χ3v) is 15.5. The fourth-order valence-corrected chi connectivity index (χ4v) is 12.3. The lowest BCUT2D eigenvalue weighted by Crippen LogP contribution is -2.18. The van der Waals surface area contributed by atoms with Gasteiger partial charge < -0.3 is 4.90 Å². The zero-order chi connectivity index (χ0) is 34.6. The van der Waals surface area contributed by atoms with Crippen LogP contribution in [-0.4, -0.2) is 0 Å². The number of halogens is 1. The van der Waals surface area contributed by atoms with Gasteiger partial charge in [-0.3, -0.25) is 0 Å². The summed E-state index contributed by atoms with van der Waals surface area (Å²) in [7, 11) is 0. The lowest BCUT2D eigenvalue weighted by atomic mass is 9.82. The maximum Gasteiger partial charge on any atom is 0.0660 e. The van der Waals surface area contributed by atoms with Crippen LogP contribution >= 0.6 is 56.6 Å². The van der Waals surface area contributed by atoms with Gasteiger partial charge in [0.2, 0.25) is 0 Å². The Kier molecular flexibility index (Phi) is 7.15. The fourth-order valence-electron chi connectivity index (χ4n) is 8.44. The van der Waals surface area contributed by atoms with Gasteiger partial charge in [0.05, 0.1) is 2.88 Å². The molecule has 0 amide bonds. The standard InChI is InChI=1S/C46H34INS3/c1-45(2)35-11-7-5-9-31(35)33-17-15-28(24-37(33)45)48(29-16-18-34-32-10-6-8-12-36(32)46(3,4)38(34)25-29)30-14-13-27-23-43(50-42(27)26-30)41-20-19-39(49-41)40-21-22-44(47)51-40/h5-26H,1-4H3. The minimum absolute atomic E-state index is 0.0806. The first kappa shape index (κ1) is 31.7. The highest BCUT2D eigenvalue weighted by atomic mass is 127. The van der Waals surface area contributed by atoms with Crippen LogP contribution in [0.1, 0.15) is 49.9 Å². The summed E-state index contributed by atoms with van der Waals surface area (Å²) in [5.41, 5.74) is 14.4. The van der Waals surface area contributed by atoms with Gasteiger partial charge in [-0.25, -0.2) is 0 Å². The summed E-state index contributed by atoms with van der Waals surface area (Å²) in [5.74, 6) is 0. The molecule has 5 aromatic carbocycles. The molecule has 3 heterocycles. The van der Waals surface area contributed by atoms with Crippen molar-refractivity contribution in [3.05, 3.63) is 159 Å². The van der Waals surface area contributed by atoms with E-state index in [-0.39, 0.29) is 10.8 Å². The molecule has 0 unspecified atom stereocenters. The number of hydrogen-bond acceptors (Lipinski definition) is 4. The molecule has 10 rings (SSSR count). The third kappa shape index (κ3) is 4.88. The van der Waals surface area contributed by atoms with Crippen LogP contribution in [0.2, 0.25) is 0 Å². The summed E-state index contributed by atoms with van der Waals surface area (Å²) in [5, 5.41) is 1.29. The zero-order valence-electron chi connectivity index (χ0n) is 28.8. The van der Waals surface area contributed by atoms with E-state index in [1.165, 1.54) is 94.0 Å². The molecular formula is C46H34INS3. The lowest BCUT2D eigenvalue weighted by molar-refractivity contribution is 0.660. The Balaban J connectivity index is 1.12. The second-order valence-electron chi connectivity index (χ2n) is 14.7. The van der Waals surface area contributed by atoms with E-state index in [0.29, 0.717) is 0 Å². The lowest BCUT2D eigenvalue weighted by Gasteiger charge is -2.29. The van der Waals surface area contributed by atoms with E-state index in [4.69, 9.17) is 0 Å². The molecule has 0 saturated heterocycles. The van der Waals surface area contributed by atoms with E-state index in [9.17, 15) is 0 Å². The fraction of sp³-hybridized carbons (Fsp3) is 0.130. The molecule has 8 aromatic rings. The number of benzene rings is 5. The molecule has 0 spiro atoms. The maximum absolute atomic E-state index is 2.49. The molecule has 0 N–H and O–H groups in total. The molecule has 0 radical (unpaired) electrons. The third-order valence-electron chi connectivity index (χ3n) is 11.1. The van der Waals surface area contributed by atoms with Gasteiger partial charge in [0.1, 0.15) is 0 Å². The summed E-state index contributed by atoms with van der Waals surface area (Å²) >= 11 is 8.06.